The van der Waals surface area contributed by atoms with E-state index in [4.69, 9.17) is 23.2 Å². The minimum absolute atomic E-state index is 0.0309. The average molecular weight is 315 g/mol. The van der Waals surface area contributed by atoms with Crippen LogP contribution in [0.3, 0.4) is 0 Å². The third-order valence-electron chi connectivity index (χ3n) is 2.76. The second-order valence-corrected chi connectivity index (χ2v) is 6.11. The third kappa shape index (κ3) is 3.69. The highest BCUT2D eigenvalue weighted by Gasteiger charge is 2.19. The van der Waals surface area contributed by atoms with E-state index in [2.05, 4.69) is 22.6 Å². The van der Waals surface area contributed by atoms with Gasteiger partial charge in [0.2, 0.25) is 0 Å². The number of nitrogens with zero attached hydrogens (tertiary/aromatic N) is 1. The maximum Gasteiger partial charge on any atom is 0.114 e. The lowest BCUT2D eigenvalue weighted by molar-refractivity contribution is 0.595. The van der Waals surface area contributed by atoms with Crippen molar-refractivity contribution in [2.24, 2.45) is 0 Å². The Balaban J connectivity index is 2.36. The summed E-state index contributed by atoms with van der Waals surface area (Å²) in [5.74, 6) is 0. The van der Waals surface area contributed by atoms with Gasteiger partial charge in [0.1, 0.15) is 5.01 Å². The fourth-order valence-corrected chi connectivity index (χ4v) is 3.26. The smallest absolute Gasteiger partial charge is 0.114 e. The quantitative estimate of drug-likeness (QED) is 0.853. The summed E-state index contributed by atoms with van der Waals surface area (Å²) in [5.41, 5.74) is 2.06. The van der Waals surface area contributed by atoms with Crippen molar-refractivity contribution in [1.82, 2.24) is 10.3 Å². The molecule has 1 aromatic heterocycles. The molecule has 0 spiro atoms. The van der Waals surface area contributed by atoms with Crippen molar-refractivity contribution in [2.45, 2.75) is 26.3 Å². The summed E-state index contributed by atoms with van der Waals surface area (Å²) in [4.78, 5) is 4.57. The molecule has 0 aliphatic rings. The number of rotatable bonds is 5. The third-order valence-corrected chi connectivity index (χ3v) is 4.35. The van der Waals surface area contributed by atoms with E-state index in [-0.39, 0.29) is 6.04 Å². The predicted molar refractivity (Wildman–Crippen MR) is 83.4 cm³/mol. The van der Waals surface area contributed by atoms with Gasteiger partial charge in [0.15, 0.2) is 0 Å². The Labute approximate surface area is 127 Å². The number of aryl methyl sites for hydroxylation is 1. The van der Waals surface area contributed by atoms with Crippen LogP contribution in [0.25, 0.3) is 0 Å². The van der Waals surface area contributed by atoms with Crippen LogP contribution in [-0.4, -0.2) is 11.5 Å². The fourth-order valence-electron chi connectivity index (χ4n) is 1.86. The first-order chi connectivity index (χ1) is 9.11. The van der Waals surface area contributed by atoms with Crippen molar-refractivity contribution in [3.05, 3.63) is 49.9 Å². The molecule has 0 aliphatic carbocycles. The molecule has 1 aromatic carbocycles. The molecule has 1 N–H and O–H groups in total. The summed E-state index contributed by atoms with van der Waals surface area (Å²) in [6, 6.07) is 5.64. The number of nitrogens with one attached hydrogen (secondary N) is 1. The van der Waals surface area contributed by atoms with Gasteiger partial charge in [-0.25, -0.2) is 4.98 Å². The summed E-state index contributed by atoms with van der Waals surface area (Å²) in [6.45, 7) is 5.06. The lowest BCUT2D eigenvalue weighted by Gasteiger charge is -2.18. The molecule has 2 aromatic rings. The van der Waals surface area contributed by atoms with Crippen molar-refractivity contribution < 1.29 is 0 Å². The number of halogens is 2. The Morgan fingerprint density at radius 2 is 2.16 bits per heavy atom. The van der Waals surface area contributed by atoms with Crippen molar-refractivity contribution in [3.63, 3.8) is 0 Å². The van der Waals surface area contributed by atoms with Crippen molar-refractivity contribution in [3.8, 4) is 0 Å². The Morgan fingerprint density at radius 1 is 1.37 bits per heavy atom. The summed E-state index contributed by atoms with van der Waals surface area (Å²) >= 11 is 13.9. The van der Waals surface area contributed by atoms with E-state index in [0.29, 0.717) is 10.0 Å². The summed E-state index contributed by atoms with van der Waals surface area (Å²) in [7, 11) is 0. The normalized spacial score (nSPS) is 12.6. The van der Waals surface area contributed by atoms with Crippen LogP contribution in [-0.2, 0) is 0 Å². The van der Waals surface area contributed by atoms with Gasteiger partial charge >= 0.3 is 0 Å². The van der Waals surface area contributed by atoms with Gasteiger partial charge < -0.3 is 5.32 Å². The monoisotopic (exact) mass is 314 g/mol. The Kier molecular flexibility index (Phi) is 5.22. The SMILES string of the molecule is CCCNC(c1nc(C)cs1)c1ccc(Cl)cc1Cl. The molecule has 0 radical (unpaired) electrons. The van der Waals surface area contributed by atoms with Gasteiger partial charge in [-0.3, -0.25) is 0 Å². The molecule has 19 heavy (non-hydrogen) atoms. The maximum absolute atomic E-state index is 6.31. The number of thiazole rings is 1. The summed E-state index contributed by atoms with van der Waals surface area (Å²) in [6.07, 6.45) is 1.06. The van der Waals surface area contributed by atoms with Gasteiger partial charge in [-0.15, -0.1) is 11.3 Å². The second kappa shape index (κ2) is 6.71. The lowest BCUT2D eigenvalue weighted by Crippen LogP contribution is -2.23. The van der Waals surface area contributed by atoms with Gasteiger partial charge in [-0.2, -0.15) is 0 Å². The van der Waals surface area contributed by atoms with E-state index in [1.165, 1.54) is 0 Å². The molecule has 1 unspecified atom stereocenters. The van der Waals surface area contributed by atoms with Crippen LogP contribution in [0.15, 0.2) is 23.6 Å². The number of aromatic nitrogens is 1. The van der Waals surface area contributed by atoms with E-state index < -0.39 is 0 Å². The van der Waals surface area contributed by atoms with Gasteiger partial charge in [0, 0.05) is 21.1 Å². The highest BCUT2D eigenvalue weighted by molar-refractivity contribution is 7.09. The number of hydrogen-bond donors (Lipinski definition) is 1. The lowest BCUT2D eigenvalue weighted by atomic mass is 10.1. The zero-order valence-electron chi connectivity index (χ0n) is 10.9. The number of benzene rings is 1. The van der Waals surface area contributed by atoms with Crippen molar-refractivity contribution in [1.29, 1.82) is 0 Å². The molecule has 2 rings (SSSR count). The van der Waals surface area contributed by atoms with Crippen LogP contribution in [0, 0.1) is 6.92 Å². The molecular formula is C14H16Cl2N2S. The molecule has 0 aliphatic heterocycles. The second-order valence-electron chi connectivity index (χ2n) is 4.38. The first-order valence-electron chi connectivity index (χ1n) is 6.22. The van der Waals surface area contributed by atoms with Gasteiger partial charge in [0.05, 0.1) is 6.04 Å². The molecule has 0 fully saturated rings. The molecule has 1 atom stereocenters. The van der Waals surface area contributed by atoms with Crippen LogP contribution >= 0.6 is 34.5 Å². The largest absolute Gasteiger partial charge is 0.304 e. The Morgan fingerprint density at radius 3 is 2.74 bits per heavy atom. The molecule has 0 saturated heterocycles. The van der Waals surface area contributed by atoms with Gasteiger partial charge in [-0.1, -0.05) is 36.2 Å². The minimum Gasteiger partial charge on any atom is -0.304 e. The Bertz CT molecular complexity index is 554. The van der Waals surface area contributed by atoms with Crippen LogP contribution < -0.4 is 5.32 Å². The predicted octanol–water partition coefficient (Wildman–Crippen LogP) is 4.85. The first kappa shape index (κ1) is 14.8. The summed E-state index contributed by atoms with van der Waals surface area (Å²) < 4.78 is 0. The van der Waals surface area contributed by atoms with E-state index in [9.17, 15) is 0 Å². The molecule has 0 bridgehead atoms. The molecule has 2 nitrogen and oxygen atoms in total. The topological polar surface area (TPSA) is 24.9 Å². The molecule has 5 heteroatoms. The summed E-state index contributed by atoms with van der Waals surface area (Å²) in [5, 5.41) is 7.91. The van der Waals surface area contributed by atoms with E-state index in [0.717, 1.165) is 29.2 Å². The van der Waals surface area contributed by atoms with E-state index in [1.807, 2.05) is 19.1 Å². The average Bonchev–Trinajstić information content (AvgIpc) is 2.78. The van der Waals surface area contributed by atoms with E-state index in [1.54, 1.807) is 17.4 Å². The van der Waals surface area contributed by atoms with Crippen molar-refractivity contribution >= 4 is 34.5 Å². The first-order valence-corrected chi connectivity index (χ1v) is 7.85. The van der Waals surface area contributed by atoms with Crippen LogP contribution in [0.1, 0.15) is 35.7 Å². The fraction of sp³-hybridized carbons (Fsp3) is 0.357. The Hall–Kier alpha value is -0.610. The molecular weight excluding hydrogens is 299 g/mol. The maximum atomic E-state index is 6.31. The highest BCUT2D eigenvalue weighted by atomic mass is 35.5. The van der Waals surface area contributed by atoms with Crippen LogP contribution in [0.2, 0.25) is 10.0 Å². The number of hydrogen-bond acceptors (Lipinski definition) is 3. The molecule has 0 saturated carbocycles. The standard InChI is InChI=1S/C14H16Cl2N2S/c1-3-6-17-13(14-18-9(2)8-19-14)11-5-4-10(15)7-12(11)16/h4-5,7-8,13,17H,3,6H2,1-2H3. The highest BCUT2D eigenvalue weighted by Crippen LogP contribution is 2.31. The van der Waals surface area contributed by atoms with Crippen LogP contribution in [0.5, 0.6) is 0 Å². The molecule has 102 valence electrons. The van der Waals surface area contributed by atoms with Crippen molar-refractivity contribution in [2.75, 3.05) is 6.54 Å². The zero-order chi connectivity index (χ0) is 13.8. The zero-order valence-corrected chi connectivity index (χ0v) is 13.2. The molecule has 1 heterocycles. The van der Waals surface area contributed by atoms with E-state index >= 15 is 0 Å². The van der Waals surface area contributed by atoms with Gasteiger partial charge in [0.25, 0.3) is 0 Å². The molecule has 0 amide bonds. The van der Waals surface area contributed by atoms with Gasteiger partial charge in [-0.05, 0) is 37.6 Å². The minimum atomic E-state index is 0.0309. The van der Waals surface area contributed by atoms with Crippen LogP contribution in [0.4, 0.5) is 0 Å².